The summed E-state index contributed by atoms with van der Waals surface area (Å²) in [6.45, 7) is 9.95. The van der Waals surface area contributed by atoms with E-state index in [1.54, 1.807) is 11.0 Å². The molecule has 0 aromatic rings. The zero-order valence-electron chi connectivity index (χ0n) is 14.4. The van der Waals surface area contributed by atoms with E-state index in [0.29, 0.717) is 31.9 Å². The summed E-state index contributed by atoms with van der Waals surface area (Å²) in [6, 6.07) is 0. The van der Waals surface area contributed by atoms with Crippen molar-refractivity contribution in [3.05, 3.63) is 36.2 Å². The van der Waals surface area contributed by atoms with Gasteiger partial charge in [-0.2, -0.15) is 0 Å². The van der Waals surface area contributed by atoms with Crippen molar-refractivity contribution in [2.24, 2.45) is 0 Å². The lowest BCUT2D eigenvalue weighted by Crippen LogP contribution is -2.46. The fraction of sp³-hybridized carbons (Fsp3) is 0.556. The Labute approximate surface area is 143 Å². The van der Waals surface area contributed by atoms with Crippen molar-refractivity contribution in [2.45, 2.75) is 25.9 Å². The van der Waals surface area contributed by atoms with Gasteiger partial charge in [0.25, 0.3) is 0 Å². The minimum Gasteiger partial charge on any atom is -0.371 e. The van der Waals surface area contributed by atoms with Gasteiger partial charge in [-0.3, -0.25) is 9.59 Å². The van der Waals surface area contributed by atoms with Crippen LogP contribution in [0.15, 0.2) is 36.2 Å². The zero-order chi connectivity index (χ0) is 17.4. The highest BCUT2D eigenvalue weighted by molar-refractivity contribution is 5.88. The van der Waals surface area contributed by atoms with Gasteiger partial charge < -0.3 is 19.9 Å². The first kappa shape index (κ1) is 18.4. The summed E-state index contributed by atoms with van der Waals surface area (Å²) in [4.78, 5) is 27.3. The van der Waals surface area contributed by atoms with Crippen molar-refractivity contribution in [3.8, 4) is 0 Å². The Hall–Kier alpha value is -1.92. The van der Waals surface area contributed by atoms with Crippen molar-refractivity contribution in [1.82, 2.24) is 15.1 Å². The molecule has 2 aliphatic rings. The first-order valence-corrected chi connectivity index (χ1v) is 8.55. The number of morpholine rings is 1. The van der Waals surface area contributed by atoms with Crippen LogP contribution in [-0.4, -0.2) is 67.4 Å². The first-order valence-electron chi connectivity index (χ1n) is 8.55. The fourth-order valence-corrected chi connectivity index (χ4v) is 2.78. The maximum atomic E-state index is 12.3. The normalized spacial score (nSPS) is 23.0. The molecule has 1 N–H and O–H groups in total. The van der Waals surface area contributed by atoms with Crippen molar-refractivity contribution in [1.29, 1.82) is 0 Å². The molecule has 1 unspecified atom stereocenters. The van der Waals surface area contributed by atoms with Crippen LogP contribution in [0.1, 0.15) is 19.8 Å². The predicted molar refractivity (Wildman–Crippen MR) is 93.2 cm³/mol. The van der Waals surface area contributed by atoms with Gasteiger partial charge in [-0.05, 0) is 12.5 Å². The number of allylic oxidation sites excluding steroid dienone is 2. The summed E-state index contributed by atoms with van der Waals surface area (Å²) in [5.41, 5.74) is 1.42. The summed E-state index contributed by atoms with van der Waals surface area (Å²) >= 11 is 0. The molecule has 2 heterocycles. The topological polar surface area (TPSA) is 61.9 Å². The number of rotatable bonds is 6. The maximum absolute atomic E-state index is 12.3. The number of nitrogens with zero attached hydrogens (tertiary/aromatic N) is 2. The number of aldehydes is 1. The zero-order valence-corrected chi connectivity index (χ0v) is 14.4. The van der Waals surface area contributed by atoms with Gasteiger partial charge in [-0.25, -0.2) is 0 Å². The lowest BCUT2D eigenvalue weighted by atomic mass is 10.2. The van der Waals surface area contributed by atoms with Crippen molar-refractivity contribution < 1.29 is 14.3 Å². The maximum Gasteiger partial charge on any atom is 0.246 e. The van der Waals surface area contributed by atoms with Crippen LogP contribution in [0.3, 0.4) is 0 Å². The fourth-order valence-electron chi connectivity index (χ4n) is 2.78. The predicted octanol–water partition coefficient (Wildman–Crippen LogP) is 1.07. The van der Waals surface area contributed by atoms with E-state index in [4.69, 9.17) is 4.74 Å². The molecular formula is C18H27N3O3. The van der Waals surface area contributed by atoms with Gasteiger partial charge in [-0.1, -0.05) is 26.0 Å². The van der Waals surface area contributed by atoms with Gasteiger partial charge in [-0.15, -0.1) is 0 Å². The Morgan fingerprint density at radius 3 is 2.92 bits per heavy atom. The minimum atomic E-state index is -0.0502. The molecule has 2 rings (SSSR count). The molecule has 0 bridgehead atoms. The Morgan fingerprint density at radius 2 is 2.29 bits per heavy atom. The summed E-state index contributed by atoms with van der Waals surface area (Å²) in [7, 11) is 0. The van der Waals surface area contributed by atoms with Crippen LogP contribution in [-0.2, 0) is 14.3 Å². The van der Waals surface area contributed by atoms with Gasteiger partial charge >= 0.3 is 0 Å². The molecule has 2 saturated heterocycles. The van der Waals surface area contributed by atoms with E-state index in [1.807, 2.05) is 17.1 Å². The third-order valence-electron chi connectivity index (χ3n) is 4.14. The number of carbonyl (C=O) groups is 2. The molecular weight excluding hydrogens is 306 g/mol. The Kier molecular flexibility index (Phi) is 7.21. The van der Waals surface area contributed by atoms with E-state index in [1.165, 1.54) is 0 Å². The molecule has 0 radical (unpaired) electrons. The Balaban J connectivity index is 1.89. The van der Waals surface area contributed by atoms with Crippen LogP contribution in [0, 0.1) is 0 Å². The smallest absolute Gasteiger partial charge is 0.246 e. The van der Waals surface area contributed by atoms with Crippen LogP contribution in [0.4, 0.5) is 0 Å². The highest BCUT2D eigenvalue weighted by atomic mass is 16.5. The number of hydrogen-bond acceptors (Lipinski definition) is 5. The third kappa shape index (κ3) is 5.04. The molecule has 0 saturated carbocycles. The van der Waals surface area contributed by atoms with Gasteiger partial charge in [0.1, 0.15) is 0 Å². The third-order valence-corrected chi connectivity index (χ3v) is 4.14. The minimum absolute atomic E-state index is 0.0461. The van der Waals surface area contributed by atoms with Gasteiger partial charge in [0.05, 0.1) is 25.0 Å². The molecule has 0 spiro atoms. The van der Waals surface area contributed by atoms with Gasteiger partial charge in [0, 0.05) is 38.0 Å². The van der Waals surface area contributed by atoms with Crippen LogP contribution >= 0.6 is 0 Å². The van der Waals surface area contributed by atoms with Crippen LogP contribution in [0.2, 0.25) is 0 Å². The number of unbranched alkanes of at least 4 members (excludes halogenated alkanes) is 1. The summed E-state index contributed by atoms with van der Waals surface area (Å²) in [6.07, 6.45) is 7.99. The molecule has 1 atom stereocenters. The molecule has 0 aromatic heterocycles. The molecule has 2 aliphatic heterocycles. The lowest BCUT2D eigenvalue weighted by molar-refractivity contribution is -0.126. The standard InChI is InChI=1S/C18H27N3O3/c1-3-4-5-16(14-22)21-10-9-20(13-15(21)2)18(23)7-6-17-12-19-8-11-24-17/h5-7,14,17,19H,2-4,8-13H2,1H3/b7-6+,16-5-. The second kappa shape index (κ2) is 9.39. The molecule has 6 nitrogen and oxygen atoms in total. The first-order chi connectivity index (χ1) is 11.7. The van der Waals surface area contributed by atoms with Crippen molar-refractivity contribution in [2.75, 3.05) is 39.3 Å². The number of carbonyl (C=O) groups excluding carboxylic acids is 2. The number of nitrogens with one attached hydrogen (secondary N) is 1. The molecule has 24 heavy (non-hydrogen) atoms. The molecule has 132 valence electrons. The van der Waals surface area contributed by atoms with Gasteiger partial charge in [0.15, 0.2) is 6.29 Å². The van der Waals surface area contributed by atoms with Crippen LogP contribution in [0.5, 0.6) is 0 Å². The lowest BCUT2D eigenvalue weighted by Gasteiger charge is -2.37. The molecule has 0 aromatic carbocycles. The molecule has 0 aliphatic carbocycles. The van der Waals surface area contributed by atoms with Crippen molar-refractivity contribution in [3.63, 3.8) is 0 Å². The van der Waals surface area contributed by atoms with Gasteiger partial charge in [0.2, 0.25) is 5.91 Å². The quantitative estimate of drug-likeness (QED) is 0.582. The van der Waals surface area contributed by atoms with Crippen LogP contribution in [0.25, 0.3) is 0 Å². The van der Waals surface area contributed by atoms with E-state index in [9.17, 15) is 9.59 Å². The number of hydrogen-bond donors (Lipinski definition) is 1. The highest BCUT2D eigenvalue weighted by Crippen LogP contribution is 2.17. The van der Waals surface area contributed by atoms with Crippen molar-refractivity contribution >= 4 is 12.2 Å². The second-order valence-electron chi connectivity index (χ2n) is 5.99. The van der Waals surface area contributed by atoms with E-state index in [-0.39, 0.29) is 12.0 Å². The summed E-state index contributed by atoms with van der Waals surface area (Å²) < 4.78 is 5.55. The van der Waals surface area contributed by atoms with E-state index < -0.39 is 0 Å². The number of amides is 1. The van der Waals surface area contributed by atoms with E-state index in [0.717, 1.165) is 37.9 Å². The molecule has 6 heteroatoms. The SMILES string of the molecule is C=C1CN(C(=O)/C=C/C2CNCCO2)CCN1/C(C=O)=C\CCC. The molecule has 1 amide bonds. The average molecular weight is 333 g/mol. The monoisotopic (exact) mass is 333 g/mol. The van der Waals surface area contributed by atoms with E-state index in [2.05, 4.69) is 18.8 Å². The number of ether oxygens (including phenoxy) is 1. The summed E-state index contributed by atoms with van der Waals surface area (Å²) in [5.74, 6) is -0.0461. The van der Waals surface area contributed by atoms with Crippen LogP contribution < -0.4 is 5.32 Å². The average Bonchev–Trinajstić information content (AvgIpc) is 2.62. The highest BCUT2D eigenvalue weighted by Gasteiger charge is 2.24. The number of piperazine rings is 1. The Morgan fingerprint density at radius 1 is 1.46 bits per heavy atom. The largest absolute Gasteiger partial charge is 0.371 e. The summed E-state index contributed by atoms with van der Waals surface area (Å²) in [5, 5.41) is 3.23. The van der Waals surface area contributed by atoms with E-state index >= 15 is 0 Å². The molecule has 2 fully saturated rings. The second-order valence-corrected chi connectivity index (χ2v) is 5.99. The Bertz CT molecular complexity index is 522.